The topological polar surface area (TPSA) is 54.4 Å². The molecule has 0 fully saturated rings. The van der Waals surface area contributed by atoms with Gasteiger partial charge in [-0.05, 0) is 19.1 Å². The number of nitrogens with one attached hydrogen (secondary N) is 1. The zero-order valence-corrected chi connectivity index (χ0v) is 11.3. The van der Waals surface area contributed by atoms with E-state index < -0.39 is 0 Å². The second-order valence-corrected chi connectivity index (χ2v) is 4.33. The van der Waals surface area contributed by atoms with Crippen LogP contribution in [0, 0.1) is 0 Å². The second kappa shape index (κ2) is 6.29. The van der Waals surface area contributed by atoms with Crippen LogP contribution in [0.3, 0.4) is 0 Å². The molecule has 1 heterocycles. The van der Waals surface area contributed by atoms with Gasteiger partial charge in [0.1, 0.15) is 5.75 Å². The average Bonchev–Trinajstić information content (AvgIpc) is 2.42. The number of rotatable bonds is 5. The van der Waals surface area contributed by atoms with Crippen LogP contribution >= 0.6 is 11.6 Å². The normalized spacial score (nSPS) is 10.2. The number of benzene rings is 1. The molecule has 0 amide bonds. The lowest BCUT2D eigenvalue weighted by molar-refractivity contribution is 0.327. The van der Waals surface area contributed by atoms with Crippen molar-refractivity contribution in [2.45, 2.75) is 13.5 Å². The van der Waals surface area contributed by atoms with Crippen molar-refractivity contribution >= 4 is 17.3 Å². The van der Waals surface area contributed by atoms with Gasteiger partial charge in [0, 0.05) is 18.2 Å². The van der Waals surface area contributed by atoms with Crippen molar-refractivity contribution in [1.29, 1.82) is 0 Å². The summed E-state index contributed by atoms with van der Waals surface area (Å²) in [5.41, 5.74) is 1.59. The number of nitrogens with zero attached hydrogens (tertiary/aromatic N) is 1. The fourth-order valence-electron chi connectivity index (χ4n) is 1.62. The van der Waals surface area contributed by atoms with Crippen LogP contribution in [-0.2, 0) is 6.54 Å². The lowest BCUT2D eigenvalue weighted by Crippen LogP contribution is -2.01. The molecule has 0 spiro atoms. The molecule has 1 aromatic carbocycles. The molecule has 1 aromatic heterocycles. The third-order valence-corrected chi connectivity index (χ3v) is 2.89. The minimum atomic E-state index is 0.107. The number of halogens is 1. The predicted octanol–water partition coefficient (Wildman–Crippen LogP) is 3.45. The van der Waals surface area contributed by atoms with Crippen molar-refractivity contribution in [3.8, 4) is 11.6 Å². The van der Waals surface area contributed by atoms with Gasteiger partial charge in [0.25, 0.3) is 0 Å². The Balaban J connectivity index is 2.00. The van der Waals surface area contributed by atoms with Crippen molar-refractivity contribution in [2.24, 2.45) is 0 Å². The van der Waals surface area contributed by atoms with Crippen LogP contribution in [0.4, 0.5) is 5.69 Å². The highest BCUT2D eigenvalue weighted by Crippen LogP contribution is 2.27. The predicted molar refractivity (Wildman–Crippen MR) is 75.8 cm³/mol. The SMILES string of the molecule is CCOc1ccc(NCc2cccc(Cl)c2O)cn1. The Morgan fingerprint density at radius 3 is 2.84 bits per heavy atom. The van der Waals surface area contributed by atoms with E-state index in [2.05, 4.69) is 10.3 Å². The van der Waals surface area contributed by atoms with E-state index in [1.165, 1.54) is 0 Å². The number of aromatic hydroxyl groups is 1. The summed E-state index contributed by atoms with van der Waals surface area (Å²) in [6.45, 7) is 2.98. The highest BCUT2D eigenvalue weighted by molar-refractivity contribution is 6.32. The first-order chi connectivity index (χ1) is 9.20. The Bertz CT molecular complexity index is 544. The number of ether oxygens (including phenoxy) is 1. The number of aromatic nitrogens is 1. The smallest absolute Gasteiger partial charge is 0.213 e. The molecule has 0 radical (unpaired) electrons. The molecule has 2 N–H and O–H groups in total. The van der Waals surface area contributed by atoms with Crippen LogP contribution in [0.15, 0.2) is 36.5 Å². The molecule has 4 nitrogen and oxygen atoms in total. The van der Waals surface area contributed by atoms with Crippen LogP contribution in [0.25, 0.3) is 0 Å². The zero-order chi connectivity index (χ0) is 13.7. The van der Waals surface area contributed by atoms with Crippen LogP contribution in [-0.4, -0.2) is 16.7 Å². The first-order valence-electron chi connectivity index (χ1n) is 5.99. The number of hydrogen-bond acceptors (Lipinski definition) is 4. The molecule has 0 aliphatic carbocycles. The fraction of sp³-hybridized carbons (Fsp3) is 0.214. The molecule has 0 aliphatic heterocycles. The molecular formula is C14H15ClN2O2. The summed E-state index contributed by atoms with van der Waals surface area (Å²) in [6, 6.07) is 8.94. The first kappa shape index (κ1) is 13.5. The summed E-state index contributed by atoms with van der Waals surface area (Å²) < 4.78 is 5.26. The number of hydrogen-bond donors (Lipinski definition) is 2. The Morgan fingerprint density at radius 2 is 2.16 bits per heavy atom. The third kappa shape index (κ3) is 3.51. The average molecular weight is 279 g/mol. The van der Waals surface area contributed by atoms with E-state index >= 15 is 0 Å². The van der Waals surface area contributed by atoms with Gasteiger partial charge >= 0.3 is 0 Å². The van der Waals surface area contributed by atoms with Crippen LogP contribution in [0.2, 0.25) is 5.02 Å². The maximum Gasteiger partial charge on any atom is 0.213 e. The van der Waals surface area contributed by atoms with Crippen LogP contribution in [0.5, 0.6) is 11.6 Å². The third-order valence-electron chi connectivity index (χ3n) is 2.58. The Labute approximate surface area is 117 Å². The molecule has 0 unspecified atom stereocenters. The summed E-state index contributed by atoms with van der Waals surface area (Å²) in [6.07, 6.45) is 1.69. The summed E-state index contributed by atoms with van der Waals surface area (Å²) in [7, 11) is 0. The van der Waals surface area contributed by atoms with E-state index in [-0.39, 0.29) is 5.75 Å². The van der Waals surface area contributed by atoms with Gasteiger partial charge < -0.3 is 15.2 Å². The highest BCUT2D eigenvalue weighted by Gasteiger charge is 2.04. The van der Waals surface area contributed by atoms with Gasteiger partial charge in [-0.15, -0.1) is 0 Å². The van der Waals surface area contributed by atoms with Gasteiger partial charge in [-0.3, -0.25) is 0 Å². The summed E-state index contributed by atoms with van der Waals surface area (Å²) in [5.74, 6) is 0.703. The van der Waals surface area contributed by atoms with Crippen molar-refractivity contribution < 1.29 is 9.84 Å². The number of anilines is 1. The van der Waals surface area contributed by atoms with Crippen molar-refractivity contribution in [2.75, 3.05) is 11.9 Å². The van der Waals surface area contributed by atoms with Gasteiger partial charge in [0.15, 0.2) is 0 Å². The lowest BCUT2D eigenvalue weighted by atomic mass is 10.2. The molecule has 0 atom stereocenters. The van der Waals surface area contributed by atoms with Gasteiger partial charge in [0.05, 0.1) is 23.5 Å². The van der Waals surface area contributed by atoms with E-state index in [0.717, 1.165) is 11.3 Å². The molecule has 0 bridgehead atoms. The van der Waals surface area contributed by atoms with Gasteiger partial charge in [-0.25, -0.2) is 4.98 Å². The van der Waals surface area contributed by atoms with Crippen LogP contribution < -0.4 is 10.1 Å². The van der Waals surface area contributed by atoms with Gasteiger partial charge in [-0.2, -0.15) is 0 Å². The Kier molecular flexibility index (Phi) is 4.47. The minimum Gasteiger partial charge on any atom is -0.506 e. The van der Waals surface area contributed by atoms with Gasteiger partial charge in [0.2, 0.25) is 5.88 Å². The monoisotopic (exact) mass is 278 g/mol. The molecule has 100 valence electrons. The Hall–Kier alpha value is -1.94. The van der Waals surface area contributed by atoms with Crippen molar-refractivity contribution in [1.82, 2.24) is 4.98 Å². The van der Waals surface area contributed by atoms with E-state index in [9.17, 15) is 5.11 Å². The van der Waals surface area contributed by atoms with E-state index in [1.54, 1.807) is 24.4 Å². The second-order valence-electron chi connectivity index (χ2n) is 3.92. The number of phenols is 1. The van der Waals surface area contributed by atoms with Gasteiger partial charge in [-0.1, -0.05) is 23.7 Å². The molecule has 2 aromatic rings. The maximum absolute atomic E-state index is 9.78. The molecule has 5 heteroatoms. The first-order valence-corrected chi connectivity index (χ1v) is 6.37. The van der Waals surface area contributed by atoms with Crippen molar-refractivity contribution in [3.63, 3.8) is 0 Å². The molecule has 0 aliphatic rings. The Morgan fingerprint density at radius 1 is 1.32 bits per heavy atom. The number of para-hydroxylation sites is 1. The highest BCUT2D eigenvalue weighted by atomic mass is 35.5. The minimum absolute atomic E-state index is 0.107. The number of pyridine rings is 1. The zero-order valence-electron chi connectivity index (χ0n) is 10.6. The molecule has 19 heavy (non-hydrogen) atoms. The lowest BCUT2D eigenvalue weighted by Gasteiger charge is -2.09. The number of phenolic OH excluding ortho intramolecular Hbond substituents is 1. The van der Waals surface area contributed by atoms with E-state index in [1.807, 2.05) is 19.1 Å². The summed E-state index contributed by atoms with van der Waals surface area (Å²) in [4.78, 5) is 4.15. The summed E-state index contributed by atoms with van der Waals surface area (Å²) in [5, 5.41) is 13.3. The molecular weight excluding hydrogens is 264 g/mol. The fourth-order valence-corrected chi connectivity index (χ4v) is 1.81. The largest absolute Gasteiger partial charge is 0.506 e. The standard InChI is InChI=1S/C14H15ClN2O2/c1-2-19-13-7-6-11(9-17-13)16-8-10-4-3-5-12(15)14(10)18/h3-7,9,16,18H,2,8H2,1H3. The molecule has 0 saturated carbocycles. The van der Waals surface area contributed by atoms with Crippen molar-refractivity contribution in [3.05, 3.63) is 47.1 Å². The van der Waals surface area contributed by atoms with E-state index in [0.29, 0.717) is 24.1 Å². The molecule has 2 rings (SSSR count). The van der Waals surface area contributed by atoms with Crippen LogP contribution in [0.1, 0.15) is 12.5 Å². The quantitative estimate of drug-likeness (QED) is 0.879. The van der Waals surface area contributed by atoms with E-state index in [4.69, 9.17) is 16.3 Å². The maximum atomic E-state index is 9.78. The molecule has 0 saturated heterocycles. The summed E-state index contributed by atoms with van der Waals surface area (Å²) >= 11 is 5.84.